The third-order valence-electron chi connectivity index (χ3n) is 4.91. The topological polar surface area (TPSA) is 50.7 Å². The monoisotopic (exact) mass is 370 g/mol. The van der Waals surface area contributed by atoms with Gasteiger partial charge in [0.1, 0.15) is 17.8 Å². The van der Waals surface area contributed by atoms with E-state index in [1.165, 1.54) is 36.8 Å². The first kappa shape index (κ1) is 17.5. The molecule has 0 unspecified atom stereocenters. The summed E-state index contributed by atoms with van der Waals surface area (Å²) in [5, 5.41) is 3.04. The predicted octanol–water partition coefficient (Wildman–Crippen LogP) is 4.30. The maximum Gasteiger partial charge on any atom is 0.222 e. The number of halogens is 3. The number of pyridine rings is 1. The van der Waals surface area contributed by atoms with Crippen LogP contribution in [0.3, 0.4) is 0 Å². The first-order chi connectivity index (χ1) is 13.1. The van der Waals surface area contributed by atoms with Gasteiger partial charge in [0.2, 0.25) is 5.95 Å². The molecule has 0 atom stereocenters. The van der Waals surface area contributed by atoms with E-state index < -0.39 is 17.4 Å². The Hall–Kier alpha value is -2.96. The molecule has 2 aromatic heterocycles. The van der Waals surface area contributed by atoms with E-state index >= 15 is 0 Å². The Morgan fingerprint density at radius 1 is 0.963 bits per heavy atom. The Labute approximate surface area is 154 Å². The van der Waals surface area contributed by atoms with Crippen molar-refractivity contribution in [3.63, 3.8) is 0 Å². The fourth-order valence-electron chi connectivity index (χ4n) is 3.49. The second-order valence-electron chi connectivity index (χ2n) is 6.75. The minimum absolute atomic E-state index is 0.196. The van der Waals surface area contributed by atoms with Gasteiger partial charge in [-0.3, -0.25) is 4.98 Å². The summed E-state index contributed by atoms with van der Waals surface area (Å²) < 4.78 is 41.6. The van der Waals surface area contributed by atoms with Gasteiger partial charge in [-0.1, -0.05) is 18.2 Å². The van der Waals surface area contributed by atoms with Crippen molar-refractivity contribution >= 4 is 5.95 Å². The number of nitrogens with zero attached hydrogens (tertiary/aromatic N) is 3. The molecule has 4 rings (SSSR count). The number of anilines is 1. The average molecular weight is 370 g/mol. The molecule has 2 heterocycles. The molecule has 0 spiro atoms. The van der Waals surface area contributed by atoms with Crippen molar-refractivity contribution in [2.45, 2.75) is 24.4 Å². The van der Waals surface area contributed by atoms with Gasteiger partial charge in [-0.2, -0.15) is 0 Å². The van der Waals surface area contributed by atoms with E-state index in [4.69, 9.17) is 0 Å². The van der Waals surface area contributed by atoms with Gasteiger partial charge in [0.25, 0.3) is 0 Å². The molecule has 1 fully saturated rings. The lowest BCUT2D eigenvalue weighted by Crippen LogP contribution is -2.49. The molecule has 0 aliphatic heterocycles. The highest BCUT2D eigenvalue weighted by Crippen LogP contribution is 2.45. The summed E-state index contributed by atoms with van der Waals surface area (Å²) >= 11 is 0. The third-order valence-corrected chi connectivity index (χ3v) is 4.91. The summed E-state index contributed by atoms with van der Waals surface area (Å²) in [4.78, 5) is 12.5. The van der Waals surface area contributed by atoms with Crippen molar-refractivity contribution in [1.82, 2.24) is 15.0 Å². The first-order valence-corrected chi connectivity index (χ1v) is 8.63. The molecule has 27 heavy (non-hydrogen) atoms. The van der Waals surface area contributed by atoms with Crippen LogP contribution in [-0.2, 0) is 5.41 Å². The van der Waals surface area contributed by atoms with Crippen LogP contribution in [0.25, 0.3) is 11.1 Å². The van der Waals surface area contributed by atoms with Crippen LogP contribution in [0.2, 0.25) is 0 Å². The highest BCUT2D eigenvalue weighted by Gasteiger charge is 2.48. The molecule has 3 aromatic rings. The van der Waals surface area contributed by atoms with Gasteiger partial charge in [0.05, 0.1) is 5.69 Å². The van der Waals surface area contributed by atoms with Crippen molar-refractivity contribution < 1.29 is 13.2 Å². The predicted molar refractivity (Wildman–Crippen MR) is 95.9 cm³/mol. The van der Waals surface area contributed by atoms with Gasteiger partial charge >= 0.3 is 0 Å². The minimum atomic E-state index is -0.974. The van der Waals surface area contributed by atoms with E-state index in [0.717, 1.165) is 0 Å². The van der Waals surface area contributed by atoms with Crippen LogP contribution >= 0.6 is 0 Å². The van der Waals surface area contributed by atoms with Crippen molar-refractivity contribution in [3.05, 3.63) is 72.3 Å². The van der Waals surface area contributed by atoms with E-state index in [9.17, 15) is 13.2 Å². The molecule has 0 radical (unpaired) electrons. The van der Waals surface area contributed by atoms with Crippen molar-refractivity contribution in [2.75, 3.05) is 11.9 Å². The first-order valence-electron chi connectivity index (χ1n) is 8.63. The van der Waals surface area contributed by atoms with Crippen LogP contribution in [0.15, 0.2) is 55.0 Å². The van der Waals surface area contributed by atoms with E-state index in [2.05, 4.69) is 20.3 Å². The molecule has 0 amide bonds. The summed E-state index contributed by atoms with van der Waals surface area (Å²) in [7, 11) is 0. The Kier molecular flexibility index (Phi) is 4.51. The van der Waals surface area contributed by atoms with Gasteiger partial charge in [0.15, 0.2) is 0 Å². The quantitative estimate of drug-likeness (QED) is 0.728. The molecule has 1 N–H and O–H groups in total. The third kappa shape index (κ3) is 3.37. The average Bonchev–Trinajstić information content (AvgIpc) is 2.66. The lowest BCUT2D eigenvalue weighted by Gasteiger charge is -2.43. The molecule has 0 bridgehead atoms. The fraction of sp³-hybridized carbons (Fsp3) is 0.250. The number of hydrogen-bond donors (Lipinski definition) is 1. The second-order valence-corrected chi connectivity index (χ2v) is 6.75. The number of nitrogens with one attached hydrogen (secondary N) is 1. The smallest absolute Gasteiger partial charge is 0.222 e. The van der Waals surface area contributed by atoms with Crippen LogP contribution < -0.4 is 5.32 Å². The molecule has 4 nitrogen and oxygen atoms in total. The van der Waals surface area contributed by atoms with Gasteiger partial charge in [-0.25, -0.2) is 23.1 Å². The highest BCUT2D eigenvalue weighted by molar-refractivity contribution is 5.62. The molecule has 1 aromatic carbocycles. The minimum Gasteiger partial charge on any atom is -0.353 e. The van der Waals surface area contributed by atoms with Crippen molar-refractivity contribution in [2.24, 2.45) is 0 Å². The molecule has 1 aliphatic carbocycles. The molecule has 7 heteroatoms. The van der Waals surface area contributed by atoms with E-state index in [-0.39, 0.29) is 30.9 Å². The van der Waals surface area contributed by atoms with Crippen LogP contribution in [0.5, 0.6) is 0 Å². The Morgan fingerprint density at radius 3 is 2.33 bits per heavy atom. The highest BCUT2D eigenvalue weighted by atomic mass is 19.1. The van der Waals surface area contributed by atoms with Gasteiger partial charge < -0.3 is 5.32 Å². The number of aromatic nitrogens is 3. The zero-order chi connectivity index (χ0) is 18.9. The zero-order valence-corrected chi connectivity index (χ0v) is 14.4. The summed E-state index contributed by atoms with van der Waals surface area (Å²) in [5.74, 6) is -0.482. The molecular weight excluding hydrogens is 353 g/mol. The maximum atomic E-state index is 14.2. The number of benzene rings is 1. The van der Waals surface area contributed by atoms with Gasteiger partial charge in [0, 0.05) is 41.7 Å². The number of hydrogen-bond acceptors (Lipinski definition) is 4. The van der Waals surface area contributed by atoms with Gasteiger partial charge in [-0.15, -0.1) is 0 Å². The van der Waals surface area contributed by atoms with E-state index in [0.29, 0.717) is 17.1 Å². The Bertz CT molecular complexity index is 940. The number of rotatable bonds is 5. The molecule has 138 valence electrons. The Morgan fingerprint density at radius 2 is 1.67 bits per heavy atom. The van der Waals surface area contributed by atoms with Crippen LogP contribution in [-0.4, -0.2) is 27.7 Å². The fourth-order valence-corrected chi connectivity index (χ4v) is 3.49. The summed E-state index contributed by atoms with van der Waals surface area (Å²) in [5.41, 5.74) is 0.500. The lowest BCUT2D eigenvalue weighted by atomic mass is 9.65. The second kappa shape index (κ2) is 6.98. The van der Waals surface area contributed by atoms with E-state index in [1.807, 2.05) is 0 Å². The standard InChI is InChI=1S/C20H17F3N4/c21-14-8-20(9-14,18-17(23)6-3-7-24-18)12-27-19-25-10-13(11-26-19)15-4-1-2-5-16(15)22/h1-7,10-11,14H,8-9,12H2,(H,25,26,27)/t14-,20-. The normalized spacial score (nSPS) is 21.5. The molecular formula is C20H17F3N4. The SMILES string of the molecule is Fc1ccccc1-c1cnc(NC[C@]2(c3ncccc3F)C[C@H](F)C2)nc1. The van der Waals surface area contributed by atoms with Crippen LogP contribution in [0.4, 0.5) is 19.1 Å². The molecule has 1 aliphatic rings. The Balaban J connectivity index is 1.51. The largest absolute Gasteiger partial charge is 0.353 e. The van der Waals surface area contributed by atoms with E-state index in [1.54, 1.807) is 18.2 Å². The van der Waals surface area contributed by atoms with Crippen LogP contribution in [0.1, 0.15) is 18.5 Å². The lowest BCUT2D eigenvalue weighted by molar-refractivity contribution is 0.0963. The van der Waals surface area contributed by atoms with Crippen molar-refractivity contribution in [3.8, 4) is 11.1 Å². The molecule has 1 saturated carbocycles. The maximum absolute atomic E-state index is 14.2. The summed E-state index contributed by atoms with van der Waals surface area (Å²) in [6.07, 6.45) is 3.95. The summed E-state index contributed by atoms with van der Waals surface area (Å²) in [6, 6.07) is 9.21. The molecule has 0 saturated heterocycles. The van der Waals surface area contributed by atoms with Crippen LogP contribution in [0, 0.1) is 11.6 Å². The zero-order valence-electron chi connectivity index (χ0n) is 14.4. The summed E-state index contributed by atoms with van der Waals surface area (Å²) in [6.45, 7) is 0.264. The number of alkyl halides is 1. The van der Waals surface area contributed by atoms with Gasteiger partial charge in [-0.05, 0) is 31.0 Å². The van der Waals surface area contributed by atoms with Crippen molar-refractivity contribution in [1.29, 1.82) is 0 Å².